The maximum absolute atomic E-state index is 13.6. The predicted molar refractivity (Wildman–Crippen MR) is 121 cm³/mol. The van der Waals surface area contributed by atoms with Gasteiger partial charge in [0.05, 0.1) is 24.3 Å². The van der Waals surface area contributed by atoms with E-state index in [0.717, 1.165) is 37.9 Å². The van der Waals surface area contributed by atoms with E-state index in [2.05, 4.69) is 20.5 Å². The zero-order valence-electron chi connectivity index (χ0n) is 17.9. The molecule has 9 heteroatoms. The Morgan fingerprint density at radius 2 is 1.91 bits per heavy atom. The molecule has 0 unspecified atom stereocenters. The molecule has 0 radical (unpaired) electrons. The number of rotatable bonds is 6. The van der Waals surface area contributed by atoms with E-state index >= 15 is 0 Å². The second-order valence-corrected chi connectivity index (χ2v) is 7.82. The maximum Gasteiger partial charge on any atom is 0.319 e. The number of anilines is 1. The zero-order chi connectivity index (χ0) is 22.5. The number of urea groups is 1. The van der Waals surface area contributed by atoms with Crippen molar-refractivity contribution < 1.29 is 13.9 Å². The van der Waals surface area contributed by atoms with E-state index in [-0.39, 0.29) is 17.6 Å². The first-order valence-electron chi connectivity index (χ1n) is 10.6. The molecule has 0 spiro atoms. The number of amides is 2. The molecular formula is C23H26FN5O3. The van der Waals surface area contributed by atoms with E-state index < -0.39 is 5.82 Å². The van der Waals surface area contributed by atoms with Gasteiger partial charge in [0.15, 0.2) is 0 Å². The van der Waals surface area contributed by atoms with Gasteiger partial charge in [-0.05, 0) is 43.2 Å². The fourth-order valence-corrected chi connectivity index (χ4v) is 3.94. The number of nitrogens with one attached hydrogen (secondary N) is 2. The number of fused-ring (bicyclic) bond motifs is 1. The van der Waals surface area contributed by atoms with E-state index in [0.29, 0.717) is 29.8 Å². The molecule has 4 rings (SSSR count). The molecule has 0 bridgehead atoms. The van der Waals surface area contributed by atoms with Gasteiger partial charge in [-0.15, -0.1) is 0 Å². The van der Waals surface area contributed by atoms with Crippen LogP contribution in [0.15, 0.2) is 53.5 Å². The number of pyridine rings is 2. The van der Waals surface area contributed by atoms with Crippen LogP contribution in [0.4, 0.5) is 14.9 Å². The van der Waals surface area contributed by atoms with Crippen molar-refractivity contribution >= 4 is 22.8 Å². The second kappa shape index (κ2) is 9.78. The van der Waals surface area contributed by atoms with Gasteiger partial charge in [-0.25, -0.2) is 9.18 Å². The number of piperidine rings is 1. The molecule has 168 valence electrons. The van der Waals surface area contributed by atoms with Crippen molar-refractivity contribution in [1.82, 2.24) is 19.8 Å². The molecule has 3 heterocycles. The van der Waals surface area contributed by atoms with Crippen molar-refractivity contribution in [3.63, 3.8) is 0 Å². The van der Waals surface area contributed by atoms with Crippen LogP contribution in [0.2, 0.25) is 0 Å². The summed E-state index contributed by atoms with van der Waals surface area (Å²) in [7, 11) is 1.60. The second-order valence-electron chi connectivity index (χ2n) is 7.82. The number of ether oxygens (including phenoxy) is 1. The highest BCUT2D eigenvalue weighted by Gasteiger charge is 2.21. The van der Waals surface area contributed by atoms with Crippen molar-refractivity contribution in [3.8, 4) is 5.75 Å². The molecule has 2 amide bonds. The topological polar surface area (TPSA) is 88.5 Å². The molecule has 0 atom stereocenters. The van der Waals surface area contributed by atoms with Crippen molar-refractivity contribution in [3.05, 3.63) is 64.8 Å². The molecule has 8 nitrogen and oxygen atoms in total. The quantitative estimate of drug-likeness (QED) is 0.617. The number of aromatic nitrogens is 2. The Balaban J connectivity index is 1.27. The highest BCUT2D eigenvalue weighted by atomic mass is 19.1. The predicted octanol–water partition coefficient (Wildman–Crippen LogP) is 2.83. The number of likely N-dealkylation sites (tertiary alicyclic amines) is 1. The number of carbonyl (C=O) groups is 1. The average Bonchev–Trinajstić information content (AvgIpc) is 2.80. The third-order valence-corrected chi connectivity index (χ3v) is 5.72. The largest absolute Gasteiger partial charge is 0.497 e. The molecule has 2 N–H and O–H groups in total. The van der Waals surface area contributed by atoms with Crippen LogP contribution in [0.5, 0.6) is 5.75 Å². The number of benzene rings is 1. The molecule has 1 aliphatic rings. The molecule has 1 aromatic carbocycles. The Morgan fingerprint density at radius 1 is 1.16 bits per heavy atom. The molecule has 1 fully saturated rings. The summed E-state index contributed by atoms with van der Waals surface area (Å²) < 4.78 is 20.3. The summed E-state index contributed by atoms with van der Waals surface area (Å²) in [5.41, 5.74) is 1.63. The Labute approximate surface area is 185 Å². The standard InChI is InChI=1S/C23H26FN5O3/c1-32-19-4-2-17(3-5-19)26-23(31)27-18-8-10-28(11-9-18)12-13-29-21-14-16(24)15-25-20(21)6-7-22(29)30/h2-7,14-15,18H,8-13H2,1H3,(H2,26,27,31). The number of hydrogen-bond donors (Lipinski definition) is 2. The van der Waals surface area contributed by atoms with E-state index in [1.807, 2.05) is 0 Å². The zero-order valence-corrected chi connectivity index (χ0v) is 17.9. The SMILES string of the molecule is COc1ccc(NC(=O)NC2CCN(CCn3c(=O)ccc4ncc(F)cc43)CC2)cc1. The van der Waals surface area contributed by atoms with Crippen molar-refractivity contribution in [2.45, 2.75) is 25.4 Å². The van der Waals surface area contributed by atoms with Crippen LogP contribution in [0.25, 0.3) is 11.0 Å². The lowest BCUT2D eigenvalue weighted by atomic mass is 10.1. The van der Waals surface area contributed by atoms with Crippen molar-refractivity contribution in [1.29, 1.82) is 0 Å². The first-order chi connectivity index (χ1) is 15.5. The summed E-state index contributed by atoms with van der Waals surface area (Å²) in [6, 6.07) is 11.4. The molecule has 32 heavy (non-hydrogen) atoms. The molecule has 1 saturated heterocycles. The number of methoxy groups -OCH3 is 1. The number of carbonyl (C=O) groups excluding carboxylic acids is 1. The first kappa shape index (κ1) is 21.8. The Bertz CT molecular complexity index is 1140. The first-order valence-corrected chi connectivity index (χ1v) is 10.6. The van der Waals surface area contributed by atoms with E-state index in [4.69, 9.17) is 4.74 Å². The minimum atomic E-state index is -0.461. The summed E-state index contributed by atoms with van der Waals surface area (Å²) in [5.74, 6) is 0.271. The number of halogens is 1. The van der Waals surface area contributed by atoms with Crippen LogP contribution >= 0.6 is 0 Å². The summed E-state index contributed by atoms with van der Waals surface area (Å²) in [6.45, 7) is 2.73. The Kier molecular flexibility index (Phi) is 6.65. The van der Waals surface area contributed by atoms with Gasteiger partial charge < -0.3 is 24.8 Å². The van der Waals surface area contributed by atoms with Gasteiger partial charge in [-0.2, -0.15) is 0 Å². The Morgan fingerprint density at radius 3 is 2.62 bits per heavy atom. The summed E-state index contributed by atoms with van der Waals surface area (Å²) in [4.78, 5) is 30.9. The molecule has 0 saturated carbocycles. The fourth-order valence-electron chi connectivity index (χ4n) is 3.94. The maximum atomic E-state index is 13.6. The summed E-state index contributed by atoms with van der Waals surface area (Å²) in [6.07, 6.45) is 2.78. The minimum absolute atomic E-state index is 0.0862. The normalized spacial score (nSPS) is 14.9. The van der Waals surface area contributed by atoms with Crippen LogP contribution in [0.3, 0.4) is 0 Å². The summed E-state index contributed by atoms with van der Waals surface area (Å²) in [5, 5.41) is 5.85. The third-order valence-electron chi connectivity index (χ3n) is 5.72. The Hall–Kier alpha value is -3.46. The molecule has 0 aliphatic carbocycles. The van der Waals surface area contributed by atoms with Gasteiger partial charge in [-0.1, -0.05) is 0 Å². The molecule has 2 aromatic heterocycles. The lowest BCUT2D eigenvalue weighted by Gasteiger charge is -2.32. The lowest BCUT2D eigenvalue weighted by molar-refractivity contribution is 0.191. The summed E-state index contributed by atoms with van der Waals surface area (Å²) >= 11 is 0. The van der Waals surface area contributed by atoms with Crippen LogP contribution in [-0.2, 0) is 6.54 Å². The van der Waals surface area contributed by atoms with Crippen molar-refractivity contribution in [2.24, 2.45) is 0 Å². The van der Waals surface area contributed by atoms with Crippen LogP contribution in [0, 0.1) is 5.82 Å². The smallest absolute Gasteiger partial charge is 0.319 e. The van der Waals surface area contributed by atoms with Crippen LogP contribution in [0.1, 0.15) is 12.8 Å². The van der Waals surface area contributed by atoms with Gasteiger partial charge in [0.25, 0.3) is 5.56 Å². The molecular weight excluding hydrogens is 413 g/mol. The van der Waals surface area contributed by atoms with E-state index in [9.17, 15) is 14.0 Å². The number of nitrogens with zero attached hydrogens (tertiary/aromatic N) is 3. The van der Waals surface area contributed by atoms with Crippen molar-refractivity contribution in [2.75, 3.05) is 32.1 Å². The van der Waals surface area contributed by atoms with E-state index in [1.54, 1.807) is 42.0 Å². The van der Waals surface area contributed by atoms with Gasteiger partial charge in [0, 0.05) is 50.0 Å². The minimum Gasteiger partial charge on any atom is -0.497 e. The van der Waals surface area contributed by atoms with Crippen LogP contribution < -0.4 is 20.9 Å². The fraction of sp³-hybridized carbons (Fsp3) is 0.348. The van der Waals surface area contributed by atoms with Crippen LogP contribution in [-0.4, -0.2) is 53.3 Å². The van der Waals surface area contributed by atoms with Gasteiger partial charge >= 0.3 is 6.03 Å². The molecule has 1 aliphatic heterocycles. The highest BCUT2D eigenvalue weighted by molar-refractivity contribution is 5.89. The molecule has 3 aromatic rings. The van der Waals surface area contributed by atoms with Gasteiger partial charge in [0.1, 0.15) is 11.6 Å². The van der Waals surface area contributed by atoms with Gasteiger partial charge in [0.2, 0.25) is 0 Å². The lowest BCUT2D eigenvalue weighted by Crippen LogP contribution is -2.46. The van der Waals surface area contributed by atoms with E-state index in [1.165, 1.54) is 12.1 Å². The number of hydrogen-bond acceptors (Lipinski definition) is 5. The monoisotopic (exact) mass is 439 g/mol. The average molecular weight is 439 g/mol. The van der Waals surface area contributed by atoms with Gasteiger partial charge in [-0.3, -0.25) is 9.78 Å². The highest BCUT2D eigenvalue weighted by Crippen LogP contribution is 2.16. The third kappa shape index (κ3) is 5.23.